The van der Waals surface area contributed by atoms with E-state index in [9.17, 15) is 9.59 Å². The smallest absolute Gasteiger partial charge is 0.254 e. The summed E-state index contributed by atoms with van der Waals surface area (Å²) in [6.07, 6.45) is 0.805. The number of fused-ring (bicyclic) bond motifs is 1. The van der Waals surface area contributed by atoms with Crippen LogP contribution in [0, 0.1) is 5.92 Å². The van der Waals surface area contributed by atoms with Gasteiger partial charge < -0.3 is 14.5 Å². The number of halogens is 2. The van der Waals surface area contributed by atoms with Gasteiger partial charge in [0.25, 0.3) is 5.91 Å². The summed E-state index contributed by atoms with van der Waals surface area (Å²) in [6.45, 7) is 5.56. The fourth-order valence-corrected chi connectivity index (χ4v) is 5.75. The quantitative estimate of drug-likeness (QED) is 0.309. The van der Waals surface area contributed by atoms with Crippen molar-refractivity contribution >= 4 is 50.7 Å². The highest BCUT2D eigenvalue weighted by atomic mass is 79.9. The van der Waals surface area contributed by atoms with Gasteiger partial charge in [-0.25, -0.2) is 0 Å². The van der Waals surface area contributed by atoms with Gasteiger partial charge in [0.1, 0.15) is 18.9 Å². The zero-order chi connectivity index (χ0) is 24.9. The van der Waals surface area contributed by atoms with Gasteiger partial charge in [-0.3, -0.25) is 9.59 Å². The molecule has 1 atom stereocenters. The lowest BCUT2D eigenvalue weighted by Gasteiger charge is -2.37. The Morgan fingerprint density at radius 1 is 1.20 bits per heavy atom. The van der Waals surface area contributed by atoms with Gasteiger partial charge in [-0.15, -0.1) is 11.3 Å². The summed E-state index contributed by atoms with van der Waals surface area (Å²) in [5.41, 5.74) is 1.69. The second kappa shape index (κ2) is 11.6. The first-order valence-electron chi connectivity index (χ1n) is 11.6. The van der Waals surface area contributed by atoms with E-state index < -0.39 is 0 Å². The van der Waals surface area contributed by atoms with Gasteiger partial charge in [0.15, 0.2) is 0 Å². The van der Waals surface area contributed by atoms with Crippen LogP contribution in [-0.2, 0) is 11.2 Å². The van der Waals surface area contributed by atoms with E-state index in [1.807, 2.05) is 43.0 Å². The van der Waals surface area contributed by atoms with Crippen molar-refractivity contribution in [3.8, 4) is 5.75 Å². The number of carbonyl (C=O) groups excluding carboxylic acids is 2. The van der Waals surface area contributed by atoms with Crippen molar-refractivity contribution in [2.75, 3.05) is 26.2 Å². The van der Waals surface area contributed by atoms with Crippen LogP contribution < -0.4 is 4.74 Å². The molecule has 0 N–H and O–H groups in total. The van der Waals surface area contributed by atoms with Gasteiger partial charge >= 0.3 is 0 Å². The molecule has 8 heteroatoms. The predicted molar refractivity (Wildman–Crippen MR) is 144 cm³/mol. The lowest BCUT2D eigenvalue weighted by molar-refractivity contribution is -0.135. The van der Waals surface area contributed by atoms with E-state index in [0.29, 0.717) is 36.0 Å². The van der Waals surface area contributed by atoms with Crippen LogP contribution in [0.15, 0.2) is 64.5 Å². The maximum Gasteiger partial charge on any atom is 0.254 e. The Kier molecular flexibility index (Phi) is 8.52. The van der Waals surface area contributed by atoms with Crippen molar-refractivity contribution in [1.82, 2.24) is 9.80 Å². The summed E-state index contributed by atoms with van der Waals surface area (Å²) in [7, 11) is 0. The van der Waals surface area contributed by atoms with Gasteiger partial charge in [0.2, 0.25) is 5.91 Å². The highest BCUT2D eigenvalue weighted by Gasteiger charge is 2.33. The monoisotopic (exact) mass is 574 g/mol. The van der Waals surface area contributed by atoms with Crippen molar-refractivity contribution in [1.29, 1.82) is 0 Å². The Hall–Kier alpha value is -2.35. The second-order valence-corrected chi connectivity index (χ2v) is 11.4. The number of thiophene rings is 1. The van der Waals surface area contributed by atoms with Crippen molar-refractivity contribution in [2.45, 2.75) is 26.3 Å². The van der Waals surface area contributed by atoms with Crippen molar-refractivity contribution in [3.63, 3.8) is 0 Å². The van der Waals surface area contributed by atoms with Gasteiger partial charge in [0.05, 0.1) is 6.04 Å². The van der Waals surface area contributed by atoms with E-state index in [2.05, 4.69) is 27.4 Å². The molecule has 35 heavy (non-hydrogen) atoms. The van der Waals surface area contributed by atoms with E-state index in [1.54, 1.807) is 40.5 Å². The standard InChI is InChI=1S/C27H28BrClN2O3S/c1-18(2)15-30(27(33)19-4-3-5-20(28)14-19)16-26(32)31-12-10-25-23(11-13-35-25)24(31)17-34-22-8-6-21(29)7-9-22/h3-9,11,13-14,18,24H,10,12,15-17H2,1-2H3/t24-/m1/s1. The molecule has 5 nitrogen and oxygen atoms in total. The third-order valence-electron chi connectivity index (χ3n) is 5.91. The summed E-state index contributed by atoms with van der Waals surface area (Å²) < 4.78 is 6.91. The van der Waals surface area contributed by atoms with E-state index >= 15 is 0 Å². The van der Waals surface area contributed by atoms with Crippen molar-refractivity contribution in [3.05, 3.63) is 85.5 Å². The van der Waals surface area contributed by atoms with Gasteiger partial charge in [-0.05, 0) is 71.8 Å². The minimum atomic E-state index is -0.213. The zero-order valence-corrected chi connectivity index (χ0v) is 22.9. The van der Waals surface area contributed by atoms with Crippen LogP contribution in [0.25, 0.3) is 0 Å². The molecule has 184 valence electrons. The van der Waals surface area contributed by atoms with E-state index in [-0.39, 0.29) is 30.3 Å². The molecule has 0 radical (unpaired) electrons. The Balaban J connectivity index is 1.53. The first kappa shape index (κ1) is 25.7. The molecule has 0 saturated carbocycles. The van der Waals surface area contributed by atoms with Crippen LogP contribution in [0.4, 0.5) is 0 Å². The van der Waals surface area contributed by atoms with E-state index in [1.165, 1.54) is 4.88 Å². The minimum Gasteiger partial charge on any atom is -0.491 e. The maximum absolute atomic E-state index is 13.6. The Bertz CT molecular complexity index is 1180. The van der Waals surface area contributed by atoms with Gasteiger partial charge in [-0.2, -0.15) is 0 Å². The van der Waals surface area contributed by atoms with E-state index in [0.717, 1.165) is 16.5 Å². The molecule has 0 unspecified atom stereocenters. The first-order valence-corrected chi connectivity index (χ1v) is 13.7. The fraction of sp³-hybridized carbons (Fsp3) is 0.333. The number of hydrogen-bond acceptors (Lipinski definition) is 4. The molecule has 0 saturated heterocycles. The number of hydrogen-bond donors (Lipinski definition) is 0. The molecule has 1 aliphatic rings. The number of amides is 2. The lowest BCUT2D eigenvalue weighted by Crippen LogP contribution is -2.48. The SMILES string of the molecule is CC(C)CN(CC(=O)N1CCc2sccc2[C@H]1COc1ccc(Cl)cc1)C(=O)c1cccc(Br)c1. The molecule has 1 aliphatic heterocycles. The summed E-state index contributed by atoms with van der Waals surface area (Å²) in [5, 5.41) is 2.71. The first-order chi connectivity index (χ1) is 16.8. The predicted octanol–water partition coefficient (Wildman–Crippen LogP) is 6.47. The van der Waals surface area contributed by atoms with Crippen LogP contribution in [0.3, 0.4) is 0 Å². The molecule has 0 bridgehead atoms. The number of ether oxygens (including phenoxy) is 1. The molecule has 0 aliphatic carbocycles. The Labute approximate surface area is 223 Å². The Morgan fingerprint density at radius 2 is 1.97 bits per heavy atom. The third-order valence-corrected chi connectivity index (χ3v) is 7.65. The van der Waals surface area contributed by atoms with E-state index in [4.69, 9.17) is 16.3 Å². The fourth-order valence-electron chi connectivity index (χ4n) is 4.30. The van der Waals surface area contributed by atoms with Crippen molar-refractivity contribution in [2.24, 2.45) is 5.92 Å². The molecule has 0 fully saturated rings. The summed E-state index contributed by atoms with van der Waals surface area (Å²) in [4.78, 5) is 31.8. The molecule has 2 aromatic carbocycles. The molecular formula is C27H28BrClN2O3S. The molecule has 2 heterocycles. The van der Waals surface area contributed by atoms with Crippen LogP contribution in [0.5, 0.6) is 5.75 Å². The molecule has 1 aromatic heterocycles. The maximum atomic E-state index is 13.6. The molecule has 0 spiro atoms. The minimum absolute atomic E-state index is 0.0282. The normalized spacial score (nSPS) is 15.1. The Morgan fingerprint density at radius 3 is 2.69 bits per heavy atom. The summed E-state index contributed by atoms with van der Waals surface area (Å²) in [5.74, 6) is 0.717. The zero-order valence-electron chi connectivity index (χ0n) is 19.7. The topological polar surface area (TPSA) is 49.9 Å². The van der Waals surface area contributed by atoms with Crippen molar-refractivity contribution < 1.29 is 14.3 Å². The van der Waals surface area contributed by atoms with Crippen LogP contribution in [0.1, 0.15) is 40.7 Å². The summed E-state index contributed by atoms with van der Waals surface area (Å²) >= 11 is 11.1. The third kappa shape index (κ3) is 6.46. The largest absolute Gasteiger partial charge is 0.491 e. The lowest BCUT2D eigenvalue weighted by atomic mass is 10.00. The van der Waals surface area contributed by atoms with Gasteiger partial charge in [-0.1, -0.05) is 47.4 Å². The number of rotatable bonds is 8. The average Bonchev–Trinajstić information content (AvgIpc) is 3.31. The molecule has 2 amide bonds. The van der Waals surface area contributed by atoms with Crippen LogP contribution in [0.2, 0.25) is 5.02 Å². The number of carbonyl (C=O) groups is 2. The van der Waals surface area contributed by atoms with Crippen LogP contribution in [-0.4, -0.2) is 47.9 Å². The highest BCUT2D eigenvalue weighted by Crippen LogP contribution is 2.34. The molecule has 4 rings (SSSR count). The van der Waals surface area contributed by atoms with Crippen LogP contribution >= 0.6 is 38.9 Å². The molecular weight excluding hydrogens is 548 g/mol. The van der Waals surface area contributed by atoms with Gasteiger partial charge in [0, 0.05) is 33.0 Å². The average molecular weight is 576 g/mol. The summed E-state index contributed by atoms with van der Waals surface area (Å²) in [6, 6.07) is 16.4. The number of benzene rings is 2. The highest BCUT2D eigenvalue weighted by molar-refractivity contribution is 9.10. The molecule has 3 aromatic rings. The second-order valence-electron chi connectivity index (χ2n) is 9.01. The number of nitrogens with zero attached hydrogens (tertiary/aromatic N) is 2.